The van der Waals surface area contributed by atoms with Crippen LogP contribution in [0.1, 0.15) is 36.9 Å². The Bertz CT molecular complexity index is 552. The van der Waals surface area contributed by atoms with Gasteiger partial charge in [-0.3, -0.25) is 0 Å². The molecule has 2 N–H and O–H groups in total. The summed E-state index contributed by atoms with van der Waals surface area (Å²) in [4.78, 5) is 7.41. The monoisotopic (exact) mass is 321 g/mol. The predicted octanol–water partition coefficient (Wildman–Crippen LogP) is 2.93. The third-order valence-electron chi connectivity index (χ3n) is 4.93. The summed E-state index contributed by atoms with van der Waals surface area (Å²) < 4.78 is 5.87. The summed E-state index contributed by atoms with van der Waals surface area (Å²) in [7, 11) is 0. The van der Waals surface area contributed by atoms with Gasteiger partial charge in [0.05, 0.1) is 12.6 Å². The topological polar surface area (TPSA) is 45.7 Å². The van der Waals surface area contributed by atoms with Crippen LogP contribution in [0.25, 0.3) is 0 Å². The molecule has 0 radical (unpaired) electrons. The van der Waals surface area contributed by atoms with E-state index in [1.165, 1.54) is 9.75 Å². The molecule has 2 aliphatic rings. The fourth-order valence-corrected chi connectivity index (χ4v) is 4.63. The fraction of sp³-hybridized carbons (Fsp3) is 0.706. The quantitative estimate of drug-likeness (QED) is 0.662. The number of fused-ring (bicyclic) bond motifs is 1. The first-order valence-corrected chi connectivity index (χ1v) is 9.05. The van der Waals surface area contributed by atoms with Gasteiger partial charge in [0.25, 0.3) is 0 Å². The number of ether oxygens (including phenoxy) is 1. The van der Waals surface area contributed by atoms with Gasteiger partial charge in [-0.2, -0.15) is 0 Å². The highest BCUT2D eigenvalue weighted by molar-refractivity contribution is 7.11. The van der Waals surface area contributed by atoms with Gasteiger partial charge < -0.3 is 15.4 Å². The van der Waals surface area contributed by atoms with Crippen molar-refractivity contribution in [2.24, 2.45) is 16.3 Å². The number of nitrogens with zero attached hydrogens (tertiary/aromatic N) is 1. The number of hydrogen-bond donors (Lipinski definition) is 2. The van der Waals surface area contributed by atoms with E-state index in [2.05, 4.69) is 50.5 Å². The second-order valence-corrected chi connectivity index (χ2v) is 8.27. The summed E-state index contributed by atoms with van der Waals surface area (Å²) in [6.45, 7) is 11.4. The zero-order valence-electron chi connectivity index (χ0n) is 14.0. The molecular formula is C17H27N3OS. The lowest BCUT2D eigenvalue weighted by atomic mass is 9.57. The summed E-state index contributed by atoms with van der Waals surface area (Å²) in [6.07, 6.45) is 1.57. The fourth-order valence-electron chi connectivity index (χ4n) is 3.81. The van der Waals surface area contributed by atoms with Crippen molar-refractivity contribution in [3.8, 4) is 0 Å². The Hall–Kier alpha value is -1.07. The van der Waals surface area contributed by atoms with Gasteiger partial charge in [-0.05, 0) is 32.4 Å². The highest BCUT2D eigenvalue weighted by Crippen LogP contribution is 2.52. The van der Waals surface area contributed by atoms with Gasteiger partial charge in [0, 0.05) is 40.3 Å². The van der Waals surface area contributed by atoms with E-state index in [0.29, 0.717) is 18.1 Å². The molecule has 0 bridgehead atoms. The first kappa shape index (κ1) is 15.8. The van der Waals surface area contributed by atoms with Crippen LogP contribution in [-0.2, 0) is 11.3 Å². The molecule has 1 aliphatic heterocycles. The van der Waals surface area contributed by atoms with Crippen LogP contribution in [0, 0.1) is 18.3 Å². The summed E-state index contributed by atoms with van der Waals surface area (Å²) >= 11 is 1.82. The van der Waals surface area contributed by atoms with Crippen LogP contribution in [-0.4, -0.2) is 31.3 Å². The average Bonchev–Trinajstić information content (AvgIpc) is 3.09. The van der Waals surface area contributed by atoms with Gasteiger partial charge in [-0.15, -0.1) is 11.3 Å². The average molecular weight is 321 g/mol. The maximum atomic E-state index is 5.87. The minimum atomic E-state index is 0.177. The minimum Gasteiger partial charge on any atom is -0.377 e. The highest BCUT2D eigenvalue weighted by atomic mass is 32.1. The van der Waals surface area contributed by atoms with E-state index in [1.54, 1.807) is 0 Å². The molecule has 0 amide bonds. The third kappa shape index (κ3) is 2.88. The van der Waals surface area contributed by atoms with E-state index >= 15 is 0 Å². The summed E-state index contributed by atoms with van der Waals surface area (Å²) in [5.74, 6) is 1.56. The van der Waals surface area contributed by atoms with Gasteiger partial charge in [-0.25, -0.2) is 4.99 Å². The Kier molecular flexibility index (Phi) is 4.46. The van der Waals surface area contributed by atoms with E-state index in [4.69, 9.17) is 9.73 Å². The Morgan fingerprint density at radius 3 is 2.95 bits per heavy atom. The number of guanidine groups is 1. The zero-order chi connectivity index (χ0) is 15.7. The predicted molar refractivity (Wildman–Crippen MR) is 92.4 cm³/mol. The molecule has 1 saturated heterocycles. The van der Waals surface area contributed by atoms with Crippen molar-refractivity contribution in [1.29, 1.82) is 0 Å². The molecule has 22 heavy (non-hydrogen) atoms. The Morgan fingerprint density at radius 1 is 1.45 bits per heavy atom. The number of aliphatic imine (C=N–C) groups is 1. The van der Waals surface area contributed by atoms with Crippen molar-refractivity contribution in [3.05, 3.63) is 21.9 Å². The molecule has 0 spiro atoms. The molecule has 3 atom stereocenters. The van der Waals surface area contributed by atoms with Crippen molar-refractivity contribution >= 4 is 17.3 Å². The van der Waals surface area contributed by atoms with Gasteiger partial charge in [0.15, 0.2) is 5.96 Å². The molecular weight excluding hydrogens is 294 g/mol. The third-order valence-corrected chi connectivity index (χ3v) is 5.91. The molecule has 1 aromatic heterocycles. The van der Waals surface area contributed by atoms with Crippen molar-refractivity contribution in [1.82, 2.24) is 10.6 Å². The molecule has 1 aliphatic carbocycles. The largest absolute Gasteiger partial charge is 0.377 e. The van der Waals surface area contributed by atoms with Gasteiger partial charge in [0.1, 0.15) is 0 Å². The van der Waals surface area contributed by atoms with Crippen LogP contribution in [0.15, 0.2) is 17.1 Å². The SMILES string of the molecule is CCNC(=NCc1ccc(C)s1)NC1C2CCOC2C1(C)C. The van der Waals surface area contributed by atoms with Gasteiger partial charge in [-0.1, -0.05) is 13.8 Å². The maximum Gasteiger partial charge on any atom is 0.191 e. The van der Waals surface area contributed by atoms with E-state index in [0.717, 1.165) is 32.1 Å². The van der Waals surface area contributed by atoms with Crippen molar-refractivity contribution in [2.45, 2.75) is 52.8 Å². The number of thiophene rings is 1. The molecule has 2 fully saturated rings. The Labute approximate surface area is 137 Å². The molecule has 122 valence electrons. The second kappa shape index (κ2) is 6.20. The Balaban J connectivity index is 1.66. The smallest absolute Gasteiger partial charge is 0.191 e. The lowest BCUT2D eigenvalue weighted by molar-refractivity contribution is -0.106. The minimum absolute atomic E-state index is 0.177. The summed E-state index contributed by atoms with van der Waals surface area (Å²) in [6, 6.07) is 4.77. The van der Waals surface area contributed by atoms with E-state index in [9.17, 15) is 0 Å². The van der Waals surface area contributed by atoms with E-state index in [-0.39, 0.29) is 5.41 Å². The second-order valence-electron chi connectivity index (χ2n) is 6.89. The van der Waals surface area contributed by atoms with Crippen molar-refractivity contribution in [3.63, 3.8) is 0 Å². The first-order chi connectivity index (χ1) is 10.5. The summed E-state index contributed by atoms with van der Waals surface area (Å²) in [5, 5.41) is 7.04. The standard InChI is InChI=1S/C17H27N3OS/c1-5-18-16(19-10-12-7-6-11(2)22-12)20-14-13-8-9-21-15(13)17(14,3)4/h6-7,13-15H,5,8-10H2,1-4H3,(H2,18,19,20). The molecule has 3 rings (SSSR count). The van der Waals surface area contributed by atoms with Crippen molar-refractivity contribution < 1.29 is 4.74 Å². The molecule has 3 unspecified atom stereocenters. The van der Waals surface area contributed by atoms with Crippen LogP contribution in [0.4, 0.5) is 0 Å². The van der Waals surface area contributed by atoms with Crippen LogP contribution in [0.3, 0.4) is 0 Å². The lowest BCUT2D eigenvalue weighted by Crippen LogP contribution is -2.67. The number of rotatable bonds is 4. The van der Waals surface area contributed by atoms with Gasteiger partial charge in [0.2, 0.25) is 0 Å². The molecule has 0 aromatic carbocycles. The molecule has 1 aromatic rings. The van der Waals surface area contributed by atoms with E-state index in [1.807, 2.05) is 11.3 Å². The number of aryl methyl sites for hydroxylation is 1. The van der Waals surface area contributed by atoms with Crippen LogP contribution in [0.5, 0.6) is 0 Å². The molecule has 5 heteroatoms. The first-order valence-electron chi connectivity index (χ1n) is 8.24. The molecule has 2 heterocycles. The van der Waals surface area contributed by atoms with Crippen LogP contribution >= 0.6 is 11.3 Å². The number of nitrogens with one attached hydrogen (secondary N) is 2. The van der Waals surface area contributed by atoms with Crippen molar-refractivity contribution in [2.75, 3.05) is 13.2 Å². The van der Waals surface area contributed by atoms with Crippen LogP contribution < -0.4 is 10.6 Å². The zero-order valence-corrected chi connectivity index (χ0v) is 14.8. The van der Waals surface area contributed by atoms with Gasteiger partial charge >= 0.3 is 0 Å². The Morgan fingerprint density at radius 2 is 2.27 bits per heavy atom. The lowest BCUT2D eigenvalue weighted by Gasteiger charge is -2.54. The summed E-state index contributed by atoms with van der Waals surface area (Å²) in [5.41, 5.74) is 0.177. The molecule has 1 saturated carbocycles. The van der Waals surface area contributed by atoms with Crippen LogP contribution in [0.2, 0.25) is 0 Å². The highest BCUT2D eigenvalue weighted by Gasteiger charge is 2.59. The van der Waals surface area contributed by atoms with E-state index < -0.39 is 0 Å². The number of hydrogen-bond acceptors (Lipinski definition) is 3. The normalized spacial score (nSPS) is 29.8. The molecule has 4 nitrogen and oxygen atoms in total. The maximum absolute atomic E-state index is 5.87.